The topological polar surface area (TPSA) is 3.24 Å². The largest absolute Gasteiger partial charge is 0.374 e. The summed E-state index contributed by atoms with van der Waals surface area (Å²) in [5.41, 5.74) is 7.78. The van der Waals surface area contributed by atoms with Crippen LogP contribution in [0.25, 0.3) is 16.7 Å². The Morgan fingerprint density at radius 1 is 1.05 bits per heavy atom. The summed E-state index contributed by atoms with van der Waals surface area (Å²) in [6, 6.07) is 15.5. The smallest absolute Gasteiger partial charge is 0.0396 e. The number of anilines is 1. The molecule has 1 nitrogen and oxygen atoms in total. The first-order chi connectivity index (χ1) is 9.65. The molecule has 2 aromatic rings. The number of aryl methyl sites for hydroxylation is 1. The second-order valence-corrected chi connectivity index (χ2v) is 5.73. The van der Waals surface area contributed by atoms with E-state index in [2.05, 4.69) is 61.0 Å². The zero-order valence-corrected chi connectivity index (χ0v) is 12.3. The zero-order valence-electron chi connectivity index (χ0n) is 12.3. The molecule has 2 aromatic carbocycles. The molecule has 0 bridgehead atoms. The number of benzene rings is 2. The van der Waals surface area contributed by atoms with E-state index in [1.807, 2.05) is 6.92 Å². The molecule has 0 aromatic heterocycles. The van der Waals surface area contributed by atoms with Crippen LogP contribution in [0.4, 0.5) is 5.69 Å². The highest BCUT2D eigenvalue weighted by Gasteiger charge is 2.13. The van der Waals surface area contributed by atoms with Crippen molar-refractivity contribution in [1.29, 1.82) is 0 Å². The minimum atomic E-state index is 1.11. The molecular formula is C19H21N. The van der Waals surface area contributed by atoms with Gasteiger partial charge in [0.05, 0.1) is 0 Å². The minimum Gasteiger partial charge on any atom is -0.374 e. The molecule has 20 heavy (non-hydrogen) atoms. The first kappa shape index (κ1) is 13.0. The molecule has 0 spiro atoms. The fourth-order valence-corrected chi connectivity index (χ4v) is 2.91. The molecule has 0 saturated carbocycles. The van der Waals surface area contributed by atoms with Gasteiger partial charge in [0.15, 0.2) is 0 Å². The first-order valence-electron chi connectivity index (χ1n) is 7.25. The fraction of sp³-hybridized carbons (Fsp3) is 0.263. The molecule has 1 aliphatic rings. The lowest BCUT2D eigenvalue weighted by atomic mass is 9.95. The van der Waals surface area contributed by atoms with Gasteiger partial charge in [-0.05, 0) is 54.2 Å². The molecular weight excluding hydrogens is 242 g/mol. The Balaban J connectivity index is 1.96. The van der Waals surface area contributed by atoms with Gasteiger partial charge in [0.25, 0.3) is 0 Å². The van der Waals surface area contributed by atoms with E-state index in [-0.39, 0.29) is 0 Å². The van der Waals surface area contributed by atoms with Crippen molar-refractivity contribution in [1.82, 2.24) is 0 Å². The molecule has 0 amide bonds. The van der Waals surface area contributed by atoms with E-state index in [1.165, 1.54) is 47.3 Å². The van der Waals surface area contributed by atoms with E-state index < -0.39 is 0 Å². The molecule has 1 heteroatoms. The van der Waals surface area contributed by atoms with Crippen LogP contribution >= 0.6 is 0 Å². The molecule has 0 saturated heterocycles. The highest BCUT2D eigenvalue weighted by Crippen LogP contribution is 2.31. The van der Waals surface area contributed by atoms with Crippen molar-refractivity contribution in [3.8, 4) is 11.1 Å². The maximum Gasteiger partial charge on any atom is 0.0396 e. The number of hydrogen-bond acceptors (Lipinski definition) is 1. The van der Waals surface area contributed by atoms with Crippen molar-refractivity contribution in [3.05, 3.63) is 60.2 Å². The van der Waals surface area contributed by atoms with Crippen LogP contribution in [0.3, 0.4) is 0 Å². The highest BCUT2D eigenvalue weighted by molar-refractivity contribution is 5.72. The minimum absolute atomic E-state index is 1.11. The standard InChI is InChI=1S/C19H21N/c1-14(2)15-6-8-16(9-7-15)17-10-11-19-18(13-17)5-4-12-20(19)3/h6-11,13H,1,4-5,12H2,2-3H3. The molecule has 0 radical (unpaired) electrons. The van der Waals surface area contributed by atoms with Gasteiger partial charge in [-0.15, -0.1) is 0 Å². The molecule has 0 unspecified atom stereocenters. The van der Waals surface area contributed by atoms with E-state index in [1.54, 1.807) is 0 Å². The molecule has 1 aliphatic heterocycles. The lowest BCUT2D eigenvalue weighted by Gasteiger charge is -2.27. The Bertz CT molecular complexity index is 637. The Kier molecular flexibility index (Phi) is 3.35. The van der Waals surface area contributed by atoms with Gasteiger partial charge in [0, 0.05) is 19.3 Å². The van der Waals surface area contributed by atoms with E-state index in [4.69, 9.17) is 0 Å². The summed E-state index contributed by atoms with van der Waals surface area (Å²) in [7, 11) is 2.18. The SMILES string of the molecule is C=C(C)c1ccc(-c2ccc3c(c2)CCCN3C)cc1. The second kappa shape index (κ2) is 5.16. The maximum atomic E-state index is 3.99. The van der Waals surface area contributed by atoms with E-state index in [0.717, 1.165) is 5.57 Å². The van der Waals surface area contributed by atoms with Gasteiger partial charge < -0.3 is 4.90 Å². The second-order valence-electron chi connectivity index (χ2n) is 5.73. The average Bonchev–Trinajstić information content (AvgIpc) is 2.47. The average molecular weight is 263 g/mol. The monoisotopic (exact) mass is 263 g/mol. The van der Waals surface area contributed by atoms with Gasteiger partial charge >= 0.3 is 0 Å². The van der Waals surface area contributed by atoms with Crippen molar-refractivity contribution in [2.24, 2.45) is 0 Å². The third-order valence-electron chi connectivity index (χ3n) is 4.14. The summed E-state index contributed by atoms with van der Waals surface area (Å²) >= 11 is 0. The molecule has 1 heterocycles. The maximum absolute atomic E-state index is 3.99. The van der Waals surface area contributed by atoms with Crippen molar-refractivity contribution in [2.45, 2.75) is 19.8 Å². The van der Waals surface area contributed by atoms with Gasteiger partial charge in [-0.3, -0.25) is 0 Å². The van der Waals surface area contributed by atoms with Crippen LogP contribution in [0.2, 0.25) is 0 Å². The number of hydrogen-bond donors (Lipinski definition) is 0. The van der Waals surface area contributed by atoms with Gasteiger partial charge in [-0.25, -0.2) is 0 Å². The first-order valence-corrected chi connectivity index (χ1v) is 7.25. The molecule has 0 N–H and O–H groups in total. The summed E-state index contributed by atoms with van der Waals surface area (Å²) in [6.45, 7) is 7.20. The lowest BCUT2D eigenvalue weighted by Crippen LogP contribution is -2.24. The third kappa shape index (κ3) is 2.36. The van der Waals surface area contributed by atoms with Crippen LogP contribution in [0.5, 0.6) is 0 Å². The van der Waals surface area contributed by atoms with Crippen LogP contribution in [0, 0.1) is 0 Å². The summed E-state index contributed by atoms with van der Waals surface area (Å²) in [4.78, 5) is 2.35. The summed E-state index contributed by atoms with van der Waals surface area (Å²) in [6.07, 6.45) is 2.44. The molecule has 0 fully saturated rings. The molecule has 0 atom stereocenters. The van der Waals surface area contributed by atoms with Crippen LogP contribution in [-0.2, 0) is 6.42 Å². The quantitative estimate of drug-likeness (QED) is 0.754. The van der Waals surface area contributed by atoms with Gasteiger partial charge in [0.2, 0.25) is 0 Å². The molecule has 3 rings (SSSR count). The number of fused-ring (bicyclic) bond motifs is 1. The number of allylic oxidation sites excluding steroid dienone is 1. The number of nitrogens with zero attached hydrogens (tertiary/aromatic N) is 1. The van der Waals surface area contributed by atoms with Gasteiger partial charge in [-0.2, -0.15) is 0 Å². The van der Waals surface area contributed by atoms with Crippen molar-refractivity contribution < 1.29 is 0 Å². The normalized spacial score (nSPS) is 14.0. The van der Waals surface area contributed by atoms with Gasteiger partial charge in [-0.1, -0.05) is 42.5 Å². The van der Waals surface area contributed by atoms with Crippen molar-refractivity contribution in [2.75, 3.05) is 18.5 Å². The van der Waals surface area contributed by atoms with Crippen molar-refractivity contribution >= 4 is 11.3 Å². The lowest BCUT2D eigenvalue weighted by molar-refractivity contribution is 0.745. The Morgan fingerprint density at radius 3 is 2.45 bits per heavy atom. The zero-order chi connectivity index (χ0) is 14.1. The predicted octanol–water partition coefficient (Wildman–Crippen LogP) is 4.77. The van der Waals surface area contributed by atoms with Gasteiger partial charge in [0.1, 0.15) is 0 Å². The van der Waals surface area contributed by atoms with Crippen LogP contribution < -0.4 is 4.90 Å². The van der Waals surface area contributed by atoms with Crippen LogP contribution in [0.1, 0.15) is 24.5 Å². The van der Waals surface area contributed by atoms with E-state index >= 15 is 0 Å². The van der Waals surface area contributed by atoms with E-state index in [0.29, 0.717) is 0 Å². The Labute approximate surface area is 121 Å². The fourth-order valence-electron chi connectivity index (χ4n) is 2.91. The van der Waals surface area contributed by atoms with Crippen molar-refractivity contribution in [3.63, 3.8) is 0 Å². The predicted molar refractivity (Wildman–Crippen MR) is 88.2 cm³/mol. The molecule has 102 valence electrons. The summed E-state index contributed by atoms with van der Waals surface area (Å²) < 4.78 is 0. The Hall–Kier alpha value is -2.02. The van der Waals surface area contributed by atoms with E-state index in [9.17, 15) is 0 Å². The molecule has 0 aliphatic carbocycles. The highest BCUT2D eigenvalue weighted by atomic mass is 15.1. The summed E-state index contributed by atoms with van der Waals surface area (Å²) in [5.74, 6) is 0. The van der Waals surface area contributed by atoms with Crippen LogP contribution in [0.15, 0.2) is 49.0 Å². The van der Waals surface area contributed by atoms with Crippen LogP contribution in [-0.4, -0.2) is 13.6 Å². The Morgan fingerprint density at radius 2 is 1.75 bits per heavy atom. The third-order valence-corrected chi connectivity index (χ3v) is 4.14. The summed E-state index contributed by atoms with van der Waals surface area (Å²) in [5, 5.41) is 0. The number of rotatable bonds is 2.